The Bertz CT molecular complexity index is 577. The second-order valence-corrected chi connectivity index (χ2v) is 6.34. The Hall–Kier alpha value is -0.790. The summed E-state index contributed by atoms with van der Waals surface area (Å²) in [5.41, 5.74) is 0.807. The van der Waals surface area contributed by atoms with E-state index >= 15 is 0 Å². The third-order valence-electron chi connectivity index (χ3n) is 2.16. The fraction of sp³-hybridized carbons (Fsp3) is 0.0769. The Morgan fingerprint density at radius 3 is 2.89 bits per heavy atom. The van der Waals surface area contributed by atoms with Gasteiger partial charge in [-0.25, -0.2) is 4.98 Å². The largest absolute Gasteiger partial charge is 0.325 e. The third-order valence-corrected chi connectivity index (χ3v) is 4.00. The van der Waals surface area contributed by atoms with Crippen molar-refractivity contribution in [3.63, 3.8) is 0 Å². The van der Waals surface area contributed by atoms with E-state index in [-0.39, 0.29) is 5.91 Å². The molecule has 0 unspecified atom stereocenters. The molecule has 0 spiro atoms. The Morgan fingerprint density at radius 2 is 2.21 bits per heavy atom. The van der Waals surface area contributed by atoms with E-state index in [1.807, 2.05) is 24.3 Å². The lowest BCUT2D eigenvalue weighted by atomic mass is 10.3. The van der Waals surface area contributed by atoms with E-state index in [9.17, 15) is 4.79 Å². The van der Waals surface area contributed by atoms with Gasteiger partial charge in [-0.2, -0.15) is 0 Å². The van der Waals surface area contributed by atoms with Crippen LogP contribution in [0.3, 0.4) is 0 Å². The van der Waals surface area contributed by atoms with Gasteiger partial charge in [0.1, 0.15) is 0 Å². The zero-order valence-electron chi connectivity index (χ0n) is 9.77. The molecule has 0 aliphatic heterocycles. The van der Waals surface area contributed by atoms with Gasteiger partial charge in [-0.1, -0.05) is 29.4 Å². The molecule has 2 rings (SSSR count). The Balaban J connectivity index is 1.86. The summed E-state index contributed by atoms with van der Waals surface area (Å²) in [6.45, 7) is 0. The lowest BCUT2D eigenvalue weighted by Crippen LogP contribution is -2.14. The SMILES string of the molecule is O=C(CSc1ccc(Cl)cn1)Nc1cccc(I)c1. The topological polar surface area (TPSA) is 42.0 Å². The highest BCUT2D eigenvalue weighted by atomic mass is 127. The molecule has 0 aliphatic rings. The van der Waals surface area contributed by atoms with Crippen LogP contribution in [0, 0.1) is 3.57 Å². The van der Waals surface area contributed by atoms with Crippen molar-refractivity contribution < 1.29 is 4.79 Å². The molecule has 1 heterocycles. The molecular formula is C13H10ClIN2OS. The molecule has 0 atom stereocenters. The van der Waals surface area contributed by atoms with Gasteiger partial charge >= 0.3 is 0 Å². The van der Waals surface area contributed by atoms with Crippen molar-refractivity contribution in [3.8, 4) is 0 Å². The first-order valence-corrected chi connectivity index (χ1v) is 7.87. The van der Waals surface area contributed by atoms with E-state index in [1.165, 1.54) is 11.8 Å². The lowest BCUT2D eigenvalue weighted by molar-refractivity contribution is -0.113. The number of pyridine rings is 1. The first kappa shape index (κ1) is 14.6. The van der Waals surface area contributed by atoms with E-state index in [0.717, 1.165) is 14.3 Å². The highest BCUT2D eigenvalue weighted by Gasteiger charge is 2.04. The number of rotatable bonds is 4. The number of aromatic nitrogens is 1. The lowest BCUT2D eigenvalue weighted by Gasteiger charge is -2.05. The molecule has 0 saturated heterocycles. The molecular weight excluding hydrogens is 395 g/mol. The second kappa shape index (κ2) is 7.12. The molecule has 1 N–H and O–H groups in total. The maximum atomic E-state index is 11.8. The van der Waals surface area contributed by atoms with Crippen LogP contribution in [0.15, 0.2) is 47.6 Å². The number of hydrogen-bond acceptors (Lipinski definition) is 3. The third kappa shape index (κ3) is 5.00. The molecule has 1 amide bonds. The molecule has 98 valence electrons. The fourth-order valence-corrected chi connectivity index (χ4v) is 2.65. The van der Waals surface area contributed by atoms with Crippen LogP contribution in [0.5, 0.6) is 0 Å². The van der Waals surface area contributed by atoms with Crippen molar-refractivity contribution in [2.24, 2.45) is 0 Å². The monoisotopic (exact) mass is 404 g/mol. The summed E-state index contributed by atoms with van der Waals surface area (Å²) in [6.07, 6.45) is 1.57. The molecule has 0 fully saturated rings. The molecule has 1 aromatic heterocycles. The number of halogens is 2. The smallest absolute Gasteiger partial charge is 0.234 e. The van der Waals surface area contributed by atoms with Gasteiger partial charge < -0.3 is 5.32 Å². The molecule has 0 bridgehead atoms. The standard InChI is InChI=1S/C13H10ClIN2OS/c14-9-4-5-13(16-7-9)19-8-12(18)17-11-3-1-2-10(15)6-11/h1-7H,8H2,(H,17,18). The van der Waals surface area contributed by atoms with Gasteiger partial charge in [0, 0.05) is 15.5 Å². The number of carbonyl (C=O) groups is 1. The average Bonchev–Trinajstić information content (AvgIpc) is 2.38. The number of amides is 1. The van der Waals surface area contributed by atoms with E-state index in [0.29, 0.717) is 10.8 Å². The molecule has 19 heavy (non-hydrogen) atoms. The van der Waals surface area contributed by atoms with E-state index in [4.69, 9.17) is 11.6 Å². The summed E-state index contributed by atoms with van der Waals surface area (Å²) in [5, 5.41) is 4.22. The van der Waals surface area contributed by atoms with Crippen LogP contribution < -0.4 is 5.32 Å². The number of hydrogen-bond donors (Lipinski definition) is 1. The van der Waals surface area contributed by atoms with Gasteiger partial charge in [0.15, 0.2) is 0 Å². The van der Waals surface area contributed by atoms with Gasteiger partial charge in [-0.3, -0.25) is 4.79 Å². The van der Waals surface area contributed by atoms with Crippen LogP contribution in [0.4, 0.5) is 5.69 Å². The van der Waals surface area contributed by atoms with Crippen molar-refractivity contribution in [1.29, 1.82) is 0 Å². The fourth-order valence-electron chi connectivity index (χ4n) is 1.35. The quantitative estimate of drug-likeness (QED) is 0.617. The second-order valence-electron chi connectivity index (χ2n) is 3.66. The first-order chi connectivity index (χ1) is 9.13. The van der Waals surface area contributed by atoms with E-state index < -0.39 is 0 Å². The Morgan fingerprint density at radius 1 is 1.37 bits per heavy atom. The zero-order valence-corrected chi connectivity index (χ0v) is 13.5. The summed E-state index contributed by atoms with van der Waals surface area (Å²) >= 11 is 9.33. The number of thioether (sulfide) groups is 1. The molecule has 0 saturated carbocycles. The van der Waals surface area contributed by atoms with Gasteiger partial charge in [0.2, 0.25) is 5.91 Å². The zero-order chi connectivity index (χ0) is 13.7. The maximum Gasteiger partial charge on any atom is 0.234 e. The van der Waals surface area contributed by atoms with Crippen molar-refractivity contribution in [2.75, 3.05) is 11.1 Å². The normalized spacial score (nSPS) is 10.2. The molecule has 0 aliphatic carbocycles. The Labute approximate surface area is 134 Å². The van der Waals surface area contributed by atoms with Crippen molar-refractivity contribution in [2.45, 2.75) is 5.03 Å². The maximum absolute atomic E-state index is 11.8. The molecule has 1 aromatic carbocycles. The minimum atomic E-state index is -0.0521. The highest BCUT2D eigenvalue weighted by Crippen LogP contribution is 2.18. The van der Waals surface area contributed by atoms with E-state index in [2.05, 4.69) is 32.9 Å². The van der Waals surface area contributed by atoms with Gasteiger partial charge in [0.25, 0.3) is 0 Å². The predicted molar refractivity (Wildman–Crippen MR) is 87.8 cm³/mol. The van der Waals surface area contributed by atoms with Crippen molar-refractivity contribution in [3.05, 3.63) is 51.2 Å². The summed E-state index contributed by atoms with van der Waals surface area (Å²) in [5.74, 6) is 0.267. The molecule has 3 nitrogen and oxygen atoms in total. The average molecular weight is 405 g/mol. The van der Waals surface area contributed by atoms with E-state index in [1.54, 1.807) is 18.3 Å². The van der Waals surface area contributed by atoms with Gasteiger partial charge in [-0.05, 0) is 52.9 Å². The van der Waals surface area contributed by atoms with Crippen LogP contribution in [-0.4, -0.2) is 16.6 Å². The van der Waals surface area contributed by atoms with Gasteiger partial charge in [0.05, 0.1) is 15.8 Å². The van der Waals surface area contributed by atoms with Crippen LogP contribution >= 0.6 is 46.0 Å². The number of carbonyl (C=O) groups excluding carboxylic acids is 1. The van der Waals surface area contributed by atoms with Crippen LogP contribution in [0.2, 0.25) is 5.02 Å². The predicted octanol–water partition coefficient (Wildman–Crippen LogP) is 4.07. The summed E-state index contributed by atoms with van der Waals surface area (Å²) in [6, 6.07) is 11.2. The highest BCUT2D eigenvalue weighted by molar-refractivity contribution is 14.1. The Kier molecular flexibility index (Phi) is 5.47. The van der Waals surface area contributed by atoms with Crippen LogP contribution in [0.1, 0.15) is 0 Å². The summed E-state index contributed by atoms with van der Waals surface area (Å²) in [4.78, 5) is 15.9. The number of nitrogens with one attached hydrogen (secondary N) is 1. The number of anilines is 1. The number of benzene rings is 1. The first-order valence-electron chi connectivity index (χ1n) is 5.43. The van der Waals surface area contributed by atoms with Gasteiger partial charge in [-0.15, -0.1) is 0 Å². The van der Waals surface area contributed by atoms with Crippen LogP contribution in [0.25, 0.3) is 0 Å². The minimum Gasteiger partial charge on any atom is -0.325 e. The minimum absolute atomic E-state index is 0.0521. The molecule has 0 radical (unpaired) electrons. The summed E-state index contributed by atoms with van der Waals surface area (Å²) in [7, 11) is 0. The molecule has 2 aromatic rings. The molecule has 6 heteroatoms. The van der Waals surface area contributed by atoms with Crippen molar-refractivity contribution in [1.82, 2.24) is 4.98 Å². The number of nitrogens with zero attached hydrogens (tertiary/aromatic N) is 1. The summed E-state index contributed by atoms with van der Waals surface area (Å²) < 4.78 is 1.09. The van der Waals surface area contributed by atoms with Crippen molar-refractivity contribution >= 4 is 57.5 Å². The van der Waals surface area contributed by atoms with Crippen LogP contribution in [-0.2, 0) is 4.79 Å².